The number of hydrogen-bond donors (Lipinski definition) is 0. The summed E-state index contributed by atoms with van der Waals surface area (Å²) in [7, 11) is 0. The predicted octanol–water partition coefficient (Wildman–Crippen LogP) is 2.77. The molecule has 0 radical (unpaired) electrons. The van der Waals surface area contributed by atoms with E-state index in [-0.39, 0.29) is 0 Å². The third-order valence-electron chi connectivity index (χ3n) is 2.03. The normalized spacial score (nSPS) is 33.1. The molecule has 1 unspecified atom stereocenters. The van der Waals surface area contributed by atoms with Crippen molar-refractivity contribution in [1.29, 1.82) is 0 Å². The van der Waals surface area contributed by atoms with Gasteiger partial charge in [0.05, 0.1) is 0 Å². The smallest absolute Gasteiger partial charge is 0.0173 e. The van der Waals surface area contributed by atoms with E-state index in [9.17, 15) is 0 Å². The average molecular weight is 122 g/mol. The molecule has 1 aliphatic rings. The Morgan fingerprint density at radius 3 is 2.33 bits per heavy atom. The molecule has 0 nitrogen and oxygen atoms in total. The Hall–Kier alpha value is -0.520. The molecule has 2 atom stereocenters. The molecule has 0 saturated heterocycles. The number of hydrogen-bond acceptors (Lipinski definition) is 0. The van der Waals surface area contributed by atoms with Crippen LogP contribution in [0.2, 0.25) is 0 Å². The summed E-state index contributed by atoms with van der Waals surface area (Å²) in [5.41, 5.74) is 0. The van der Waals surface area contributed by atoms with Crippen LogP contribution < -0.4 is 0 Å². The molecule has 0 heterocycles. The van der Waals surface area contributed by atoms with Crippen molar-refractivity contribution in [2.24, 2.45) is 11.8 Å². The van der Waals surface area contributed by atoms with E-state index in [1.165, 1.54) is 6.42 Å². The van der Waals surface area contributed by atoms with E-state index in [1.54, 1.807) is 0 Å². The highest BCUT2D eigenvalue weighted by Gasteiger charge is 2.09. The second-order valence-corrected chi connectivity index (χ2v) is 2.70. The van der Waals surface area contributed by atoms with E-state index >= 15 is 0 Å². The fourth-order valence-electron chi connectivity index (χ4n) is 1.27. The summed E-state index contributed by atoms with van der Waals surface area (Å²) in [6.45, 7) is 4.51. The van der Waals surface area contributed by atoms with Crippen molar-refractivity contribution in [2.75, 3.05) is 0 Å². The van der Waals surface area contributed by atoms with Crippen molar-refractivity contribution in [3.05, 3.63) is 24.3 Å². The molecule has 0 N–H and O–H groups in total. The fourth-order valence-corrected chi connectivity index (χ4v) is 1.27. The zero-order valence-electron chi connectivity index (χ0n) is 6.17. The van der Waals surface area contributed by atoms with Crippen LogP contribution in [0.5, 0.6) is 0 Å². The summed E-state index contributed by atoms with van der Waals surface area (Å²) in [4.78, 5) is 0. The number of rotatable bonds is 1. The Balaban J connectivity index is 2.55. The molecule has 0 aliphatic heterocycles. The Morgan fingerprint density at radius 2 is 1.89 bits per heavy atom. The summed E-state index contributed by atoms with van der Waals surface area (Å²) in [5.74, 6) is 1.54. The van der Waals surface area contributed by atoms with Gasteiger partial charge in [0.1, 0.15) is 0 Å². The molecule has 1 aliphatic carbocycles. The Morgan fingerprint density at radius 1 is 1.22 bits per heavy atom. The van der Waals surface area contributed by atoms with Gasteiger partial charge in [-0.05, 0) is 18.3 Å². The van der Waals surface area contributed by atoms with Gasteiger partial charge in [-0.25, -0.2) is 0 Å². The molecule has 0 bridgehead atoms. The van der Waals surface area contributed by atoms with Crippen LogP contribution >= 0.6 is 0 Å². The van der Waals surface area contributed by atoms with Crippen molar-refractivity contribution in [2.45, 2.75) is 20.3 Å². The highest BCUT2D eigenvalue weighted by atomic mass is 14.1. The van der Waals surface area contributed by atoms with Crippen molar-refractivity contribution < 1.29 is 0 Å². The first-order valence-electron chi connectivity index (χ1n) is 3.69. The lowest BCUT2D eigenvalue weighted by molar-refractivity contribution is 0.492. The van der Waals surface area contributed by atoms with Crippen LogP contribution in [0, 0.1) is 11.8 Å². The standard InChI is InChI=1S/C9H14/c1-3-9-7-5-4-6-8(9)2/h4-9H,3H2,1-2H3/t8-,9?/m1/s1. The first-order chi connectivity index (χ1) is 4.34. The highest BCUT2D eigenvalue weighted by Crippen LogP contribution is 2.21. The van der Waals surface area contributed by atoms with Gasteiger partial charge in [-0.2, -0.15) is 0 Å². The minimum absolute atomic E-state index is 0.750. The van der Waals surface area contributed by atoms with Gasteiger partial charge in [0.25, 0.3) is 0 Å². The van der Waals surface area contributed by atoms with E-state index in [0.29, 0.717) is 0 Å². The van der Waals surface area contributed by atoms with Gasteiger partial charge in [-0.3, -0.25) is 0 Å². The number of allylic oxidation sites excluding steroid dienone is 4. The quantitative estimate of drug-likeness (QED) is 0.501. The molecule has 0 spiro atoms. The monoisotopic (exact) mass is 122 g/mol. The largest absolute Gasteiger partial charge is 0.0811 e. The lowest BCUT2D eigenvalue weighted by atomic mass is 9.88. The van der Waals surface area contributed by atoms with Crippen LogP contribution in [-0.2, 0) is 0 Å². The molecule has 50 valence electrons. The van der Waals surface area contributed by atoms with Crippen LogP contribution in [0.4, 0.5) is 0 Å². The van der Waals surface area contributed by atoms with Gasteiger partial charge in [0.15, 0.2) is 0 Å². The van der Waals surface area contributed by atoms with E-state index in [1.807, 2.05) is 0 Å². The third-order valence-corrected chi connectivity index (χ3v) is 2.03. The van der Waals surface area contributed by atoms with E-state index < -0.39 is 0 Å². The maximum absolute atomic E-state index is 2.30. The molecular weight excluding hydrogens is 108 g/mol. The molecular formula is C9H14. The molecule has 0 aromatic rings. The van der Waals surface area contributed by atoms with Gasteiger partial charge >= 0.3 is 0 Å². The Labute approximate surface area is 57.3 Å². The van der Waals surface area contributed by atoms with Gasteiger partial charge < -0.3 is 0 Å². The van der Waals surface area contributed by atoms with E-state index in [4.69, 9.17) is 0 Å². The van der Waals surface area contributed by atoms with E-state index in [2.05, 4.69) is 38.2 Å². The molecule has 0 fully saturated rings. The average Bonchev–Trinajstić information content (AvgIpc) is 1.89. The Bertz CT molecular complexity index is 131. The van der Waals surface area contributed by atoms with Gasteiger partial charge in [-0.15, -0.1) is 0 Å². The molecule has 1 rings (SSSR count). The van der Waals surface area contributed by atoms with E-state index in [0.717, 1.165) is 11.8 Å². The van der Waals surface area contributed by atoms with Crippen LogP contribution in [0.3, 0.4) is 0 Å². The molecule has 0 saturated carbocycles. The van der Waals surface area contributed by atoms with Crippen molar-refractivity contribution in [3.63, 3.8) is 0 Å². The maximum atomic E-state index is 2.30. The third kappa shape index (κ3) is 1.44. The second-order valence-electron chi connectivity index (χ2n) is 2.70. The summed E-state index contributed by atoms with van der Waals surface area (Å²) in [6.07, 6.45) is 10.1. The molecule has 0 aromatic heterocycles. The predicted molar refractivity (Wildman–Crippen MR) is 41.2 cm³/mol. The summed E-state index contributed by atoms with van der Waals surface area (Å²) >= 11 is 0. The first-order valence-corrected chi connectivity index (χ1v) is 3.69. The highest BCUT2D eigenvalue weighted by molar-refractivity contribution is 5.13. The molecule has 0 heteroatoms. The molecule has 0 amide bonds. The zero-order valence-corrected chi connectivity index (χ0v) is 6.17. The maximum Gasteiger partial charge on any atom is -0.0173 e. The molecule has 0 aromatic carbocycles. The van der Waals surface area contributed by atoms with Gasteiger partial charge in [-0.1, -0.05) is 38.2 Å². The van der Waals surface area contributed by atoms with Crippen molar-refractivity contribution in [1.82, 2.24) is 0 Å². The van der Waals surface area contributed by atoms with Crippen LogP contribution in [0.15, 0.2) is 24.3 Å². The molecule has 9 heavy (non-hydrogen) atoms. The lowest BCUT2D eigenvalue weighted by Crippen LogP contribution is -2.06. The van der Waals surface area contributed by atoms with Crippen LogP contribution in [0.25, 0.3) is 0 Å². The zero-order chi connectivity index (χ0) is 6.69. The topological polar surface area (TPSA) is 0 Å². The van der Waals surface area contributed by atoms with Gasteiger partial charge in [0, 0.05) is 0 Å². The minimum Gasteiger partial charge on any atom is -0.0811 e. The first kappa shape index (κ1) is 6.60. The van der Waals surface area contributed by atoms with Crippen molar-refractivity contribution >= 4 is 0 Å². The van der Waals surface area contributed by atoms with Crippen molar-refractivity contribution in [3.8, 4) is 0 Å². The summed E-state index contributed by atoms with van der Waals surface area (Å²) < 4.78 is 0. The Kier molecular flexibility index (Phi) is 2.10. The fraction of sp³-hybridized carbons (Fsp3) is 0.556. The summed E-state index contributed by atoms with van der Waals surface area (Å²) in [6, 6.07) is 0. The lowest BCUT2D eigenvalue weighted by Gasteiger charge is -2.17. The summed E-state index contributed by atoms with van der Waals surface area (Å²) in [5, 5.41) is 0. The second kappa shape index (κ2) is 2.86. The van der Waals surface area contributed by atoms with Crippen LogP contribution in [0.1, 0.15) is 20.3 Å². The minimum atomic E-state index is 0.750. The van der Waals surface area contributed by atoms with Gasteiger partial charge in [0.2, 0.25) is 0 Å². The van der Waals surface area contributed by atoms with Crippen LogP contribution in [-0.4, -0.2) is 0 Å². The SMILES string of the molecule is CCC1C=CC=C[C@H]1C.